The second-order valence-corrected chi connectivity index (χ2v) is 6.50. The number of fused-ring (bicyclic) bond motifs is 1. The number of nitrogens with two attached hydrogens (primary N) is 1. The molecular weight excluding hydrogens is 387 g/mol. The number of aromatic nitrogens is 2. The van der Waals surface area contributed by atoms with Crippen LogP contribution >= 0.6 is 0 Å². The number of nitrogens with zero attached hydrogens (tertiary/aromatic N) is 3. The smallest absolute Gasteiger partial charge is 0.165 e. The van der Waals surface area contributed by atoms with Crippen LogP contribution < -0.4 is 10.5 Å². The van der Waals surface area contributed by atoms with E-state index in [1.807, 2.05) is 6.92 Å². The Kier molecular flexibility index (Phi) is 7.05. The number of allylic oxidation sites excluding steroid dienone is 1. The highest BCUT2D eigenvalue weighted by molar-refractivity contribution is 5.97. The zero-order chi connectivity index (χ0) is 21.5. The minimum atomic E-state index is -1.18. The number of ether oxygens (including phenoxy) is 1. The van der Waals surface area contributed by atoms with Gasteiger partial charge in [0.1, 0.15) is 23.5 Å². The van der Waals surface area contributed by atoms with Gasteiger partial charge in [-0.3, -0.25) is 0 Å². The molecule has 3 rings (SSSR count). The molecule has 0 saturated carbocycles. The molecule has 2 aromatic carbocycles. The summed E-state index contributed by atoms with van der Waals surface area (Å²) in [5, 5.41) is 20.3. The lowest BCUT2D eigenvalue weighted by atomic mass is 10.1. The molecule has 0 aliphatic carbocycles. The van der Waals surface area contributed by atoms with Gasteiger partial charge in [-0.05, 0) is 42.8 Å². The molecule has 156 valence electrons. The van der Waals surface area contributed by atoms with Crippen LogP contribution in [0.1, 0.15) is 30.8 Å². The van der Waals surface area contributed by atoms with Gasteiger partial charge in [0.05, 0.1) is 12.1 Å². The number of aliphatic imine (C=N–C) groups is 1. The van der Waals surface area contributed by atoms with Crippen molar-refractivity contribution in [2.75, 3.05) is 13.2 Å². The highest BCUT2D eigenvalue weighted by atomic mass is 19.1. The van der Waals surface area contributed by atoms with E-state index in [0.29, 0.717) is 41.1 Å². The fourth-order valence-corrected chi connectivity index (χ4v) is 2.79. The zero-order valence-electron chi connectivity index (χ0n) is 16.5. The van der Waals surface area contributed by atoms with Gasteiger partial charge in [-0.15, -0.1) is 0 Å². The number of hydrogen-bond donors (Lipinski definition) is 3. The third-order valence-corrected chi connectivity index (χ3v) is 4.24. The van der Waals surface area contributed by atoms with Crippen molar-refractivity contribution in [3.63, 3.8) is 0 Å². The van der Waals surface area contributed by atoms with Gasteiger partial charge in [-0.1, -0.05) is 18.2 Å². The molecule has 0 saturated heterocycles. The molecule has 0 aliphatic heterocycles. The van der Waals surface area contributed by atoms with Gasteiger partial charge >= 0.3 is 0 Å². The van der Waals surface area contributed by atoms with E-state index in [1.165, 1.54) is 24.3 Å². The van der Waals surface area contributed by atoms with Crippen molar-refractivity contribution >= 4 is 22.6 Å². The summed E-state index contributed by atoms with van der Waals surface area (Å²) in [4.78, 5) is 13.2. The molecule has 1 unspecified atom stereocenters. The van der Waals surface area contributed by atoms with E-state index in [1.54, 1.807) is 30.4 Å². The summed E-state index contributed by atoms with van der Waals surface area (Å²) in [5.41, 5.74) is 6.88. The first kappa shape index (κ1) is 21.4. The predicted molar refractivity (Wildman–Crippen MR) is 113 cm³/mol. The van der Waals surface area contributed by atoms with Gasteiger partial charge in [-0.25, -0.2) is 19.4 Å². The molecule has 0 spiro atoms. The van der Waals surface area contributed by atoms with Crippen molar-refractivity contribution in [2.24, 2.45) is 10.7 Å². The fourth-order valence-electron chi connectivity index (χ4n) is 2.79. The largest absolute Gasteiger partial charge is 0.493 e. The van der Waals surface area contributed by atoms with Crippen LogP contribution in [-0.2, 0) is 0 Å². The van der Waals surface area contributed by atoms with Crippen LogP contribution in [0.5, 0.6) is 5.75 Å². The van der Waals surface area contributed by atoms with E-state index in [-0.39, 0.29) is 18.3 Å². The number of aliphatic hydroxyl groups is 2. The Labute approximate surface area is 173 Å². The van der Waals surface area contributed by atoms with Crippen molar-refractivity contribution in [3.8, 4) is 5.75 Å². The Balaban J connectivity index is 2.08. The summed E-state index contributed by atoms with van der Waals surface area (Å²) in [6.07, 6.45) is 2.72. The van der Waals surface area contributed by atoms with Crippen LogP contribution in [0, 0.1) is 5.82 Å². The second-order valence-electron chi connectivity index (χ2n) is 6.50. The summed E-state index contributed by atoms with van der Waals surface area (Å²) < 4.78 is 18.8. The summed E-state index contributed by atoms with van der Waals surface area (Å²) >= 11 is 0. The molecule has 1 atom stereocenters. The topological polar surface area (TPSA) is 114 Å². The van der Waals surface area contributed by atoms with Gasteiger partial charge in [0, 0.05) is 24.5 Å². The average Bonchev–Trinajstić information content (AvgIpc) is 2.74. The lowest BCUT2D eigenvalue weighted by molar-refractivity contribution is 0.210. The summed E-state index contributed by atoms with van der Waals surface area (Å²) in [7, 11) is 0. The third kappa shape index (κ3) is 5.16. The van der Waals surface area contributed by atoms with Gasteiger partial charge in [0.25, 0.3) is 0 Å². The van der Waals surface area contributed by atoms with E-state index in [9.17, 15) is 9.50 Å². The van der Waals surface area contributed by atoms with Crippen molar-refractivity contribution in [3.05, 3.63) is 71.8 Å². The van der Waals surface area contributed by atoms with Gasteiger partial charge in [0.15, 0.2) is 11.6 Å². The quantitative estimate of drug-likeness (QED) is 0.299. The number of aliphatic hydroxyl groups excluding tert-OH is 2. The maximum atomic E-state index is 13.2. The first-order valence-corrected chi connectivity index (χ1v) is 9.47. The van der Waals surface area contributed by atoms with Gasteiger partial charge in [-0.2, -0.15) is 0 Å². The molecule has 1 heterocycles. The zero-order valence-corrected chi connectivity index (χ0v) is 16.5. The highest BCUT2D eigenvalue weighted by Crippen LogP contribution is 2.30. The standard InChI is InChI=1S/C22H23FN4O3/c1-2-4-19(24)26-21-17-10-9-16(30-12-3-11-28)13-18(17)25-22(27-21)20(29)14-5-7-15(23)8-6-14/h2,4-10,13,20,28-29H,3,11-12H2,1H3,(H2,24,25,26,27)/b4-2+. The number of rotatable bonds is 8. The average molecular weight is 410 g/mol. The predicted octanol–water partition coefficient (Wildman–Crippen LogP) is 3.18. The molecule has 3 aromatic rings. The molecule has 8 heteroatoms. The maximum Gasteiger partial charge on any atom is 0.165 e. The van der Waals surface area contributed by atoms with E-state index in [2.05, 4.69) is 15.0 Å². The van der Waals surface area contributed by atoms with E-state index in [0.717, 1.165) is 0 Å². The maximum absolute atomic E-state index is 13.2. The van der Waals surface area contributed by atoms with E-state index < -0.39 is 11.9 Å². The van der Waals surface area contributed by atoms with Crippen LogP contribution in [0.4, 0.5) is 10.2 Å². The Hall–Kier alpha value is -3.36. The number of halogens is 1. The van der Waals surface area contributed by atoms with E-state index in [4.69, 9.17) is 15.6 Å². The summed E-state index contributed by atoms with van der Waals surface area (Å²) in [5.74, 6) is 0.818. The first-order chi connectivity index (χ1) is 14.5. The molecule has 0 radical (unpaired) electrons. The normalized spacial score (nSPS) is 13.1. The second kappa shape index (κ2) is 9.91. The molecule has 0 aliphatic rings. The Morgan fingerprint density at radius 3 is 2.70 bits per heavy atom. The van der Waals surface area contributed by atoms with E-state index >= 15 is 0 Å². The minimum absolute atomic E-state index is 0.0346. The Morgan fingerprint density at radius 1 is 1.23 bits per heavy atom. The van der Waals surface area contributed by atoms with Crippen LogP contribution in [-0.4, -0.2) is 39.2 Å². The number of benzene rings is 2. The Bertz CT molecular complexity index is 1070. The monoisotopic (exact) mass is 410 g/mol. The fraction of sp³-hybridized carbons (Fsp3) is 0.227. The molecular formula is C22H23FN4O3. The highest BCUT2D eigenvalue weighted by Gasteiger charge is 2.17. The molecule has 0 fully saturated rings. The first-order valence-electron chi connectivity index (χ1n) is 9.47. The van der Waals surface area contributed by atoms with Crippen LogP contribution in [0.2, 0.25) is 0 Å². The Morgan fingerprint density at radius 2 is 2.00 bits per heavy atom. The molecule has 30 heavy (non-hydrogen) atoms. The van der Waals surface area contributed by atoms with Crippen LogP contribution in [0.25, 0.3) is 10.9 Å². The lowest BCUT2D eigenvalue weighted by Gasteiger charge is -2.13. The summed E-state index contributed by atoms with van der Waals surface area (Å²) in [6.45, 7) is 2.21. The third-order valence-electron chi connectivity index (χ3n) is 4.24. The van der Waals surface area contributed by atoms with Crippen LogP contribution in [0.15, 0.2) is 59.6 Å². The van der Waals surface area contributed by atoms with Crippen molar-refractivity contribution < 1.29 is 19.3 Å². The molecule has 0 amide bonds. The molecule has 7 nitrogen and oxygen atoms in total. The van der Waals surface area contributed by atoms with Crippen molar-refractivity contribution in [2.45, 2.75) is 19.4 Å². The van der Waals surface area contributed by atoms with Crippen LogP contribution in [0.3, 0.4) is 0 Å². The lowest BCUT2D eigenvalue weighted by Crippen LogP contribution is -2.09. The molecule has 0 bridgehead atoms. The SMILES string of the molecule is C/C=C/C(N)=Nc1nc(C(O)c2ccc(F)cc2)nc2cc(OCCCO)ccc12. The van der Waals surface area contributed by atoms with Gasteiger partial charge < -0.3 is 20.7 Å². The molecule has 4 N–H and O–H groups in total. The minimum Gasteiger partial charge on any atom is -0.493 e. The number of amidine groups is 1. The van der Waals surface area contributed by atoms with Crippen molar-refractivity contribution in [1.29, 1.82) is 0 Å². The summed E-state index contributed by atoms with van der Waals surface area (Å²) in [6, 6.07) is 10.7. The van der Waals surface area contributed by atoms with Crippen molar-refractivity contribution in [1.82, 2.24) is 9.97 Å². The number of hydrogen-bond acceptors (Lipinski definition) is 6. The molecule has 1 aromatic heterocycles. The van der Waals surface area contributed by atoms with Gasteiger partial charge in [0.2, 0.25) is 0 Å².